The molecule has 0 spiro atoms. The van der Waals surface area contributed by atoms with E-state index in [1.54, 1.807) is 6.08 Å². The van der Waals surface area contributed by atoms with Crippen molar-refractivity contribution in [3.8, 4) is 0 Å². The van der Waals surface area contributed by atoms with Gasteiger partial charge in [-0.1, -0.05) is 24.3 Å². The van der Waals surface area contributed by atoms with Gasteiger partial charge in [0.05, 0.1) is 18.3 Å². The monoisotopic (exact) mass is 498 g/mol. The third-order valence-corrected chi connectivity index (χ3v) is 7.44. The summed E-state index contributed by atoms with van der Waals surface area (Å²) in [6.07, 6.45) is 11.4. The number of primary amides is 1. The summed E-state index contributed by atoms with van der Waals surface area (Å²) in [6.45, 7) is 0. The van der Waals surface area contributed by atoms with E-state index in [-0.39, 0.29) is 11.8 Å². The first-order valence-corrected chi connectivity index (χ1v) is 11.7. The van der Waals surface area contributed by atoms with Crippen molar-refractivity contribution in [3.05, 3.63) is 44.6 Å². The molecule has 165 valence electrons. The number of carbonyl (C=O) groups excluding carboxylic acids is 2. The van der Waals surface area contributed by atoms with E-state index in [0.29, 0.717) is 41.5 Å². The first-order valence-electron chi connectivity index (χ1n) is 10.1. The van der Waals surface area contributed by atoms with Crippen LogP contribution in [0.15, 0.2) is 34.8 Å². The second-order valence-corrected chi connectivity index (χ2v) is 9.59. The summed E-state index contributed by atoms with van der Waals surface area (Å²) in [5.74, 6) is -0.807. The van der Waals surface area contributed by atoms with E-state index in [1.165, 1.54) is 11.3 Å². The molecule has 6 nitrogen and oxygen atoms in total. The molecule has 1 heterocycles. The molecule has 0 unspecified atom stereocenters. The average molecular weight is 499 g/mol. The fourth-order valence-corrected chi connectivity index (χ4v) is 5.50. The number of hydrogen-bond donors (Lipinski definition) is 4. The number of halogens is 1. The highest BCUT2D eigenvalue weighted by Crippen LogP contribution is 2.36. The molecule has 0 saturated heterocycles. The molecule has 2 rings (SSSR count). The largest absolute Gasteiger partial charge is 0.393 e. The molecule has 5 atom stereocenters. The van der Waals surface area contributed by atoms with Gasteiger partial charge in [0.15, 0.2) is 6.29 Å². The van der Waals surface area contributed by atoms with Crippen LogP contribution in [0.4, 0.5) is 0 Å². The molecule has 1 amide bonds. The highest BCUT2D eigenvalue weighted by molar-refractivity contribution is 9.10. The number of thiophene rings is 1. The molecule has 5 N–H and O–H groups in total. The summed E-state index contributed by atoms with van der Waals surface area (Å²) in [4.78, 5) is 23.0. The minimum atomic E-state index is -0.691. The Balaban J connectivity index is 1.87. The van der Waals surface area contributed by atoms with Crippen molar-refractivity contribution in [3.63, 3.8) is 0 Å². The van der Waals surface area contributed by atoms with Crippen LogP contribution in [0.5, 0.6) is 0 Å². The van der Waals surface area contributed by atoms with Crippen LogP contribution in [0.25, 0.3) is 0 Å². The van der Waals surface area contributed by atoms with Crippen LogP contribution in [0.3, 0.4) is 0 Å². The molecule has 1 aromatic heterocycles. The molecule has 1 aliphatic rings. The van der Waals surface area contributed by atoms with Gasteiger partial charge in [-0.15, -0.1) is 11.3 Å². The minimum Gasteiger partial charge on any atom is -0.393 e. The summed E-state index contributed by atoms with van der Waals surface area (Å²) >= 11 is 4.63. The summed E-state index contributed by atoms with van der Waals surface area (Å²) in [5, 5.41) is 30.9. The summed E-state index contributed by atoms with van der Waals surface area (Å²) < 4.78 is 0.670. The Morgan fingerprint density at radius 1 is 1.37 bits per heavy atom. The van der Waals surface area contributed by atoms with Crippen molar-refractivity contribution in [2.45, 2.75) is 63.3 Å². The zero-order valence-electron chi connectivity index (χ0n) is 16.7. The minimum absolute atomic E-state index is 0.108. The van der Waals surface area contributed by atoms with E-state index < -0.39 is 24.2 Å². The van der Waals surface area contributed by atoms with Gasteiger partial charge in [-0.25, -0.2) is 0 Å². The third-order valence-electron chi connectivity index (χ3n) is 5.34. The first kappa shape index (κ1) is 24.9. The quantitative estimate of drug-likeness (QED) is 0.260. The SMILES string of the molecule is NC(=O)c1sc(CC[C@H](O)/C=C/[C@@H]2[C@@H](C/C=C\CCC[C]=O)[C@@H](O)C[C@H]2O)cc1Br. The summed E-state index contributed by atoms with van der Waals surface area (Å²) in [7, 11) is 0. The van der Waals surface area contributed by atoms with Crippen molar-refractivity contribution < 1.29 is 24.9 Å². The third kappa shape index (κ3) is 7.42. The number of aliphatic hydroxyl groups is 3. The van der Waals surface area contributed by atoms with Crippen molar-refractivity contribution in [2.75, 3.05) is 0 Å². The van der Waals surface area contributed by atoms with Crippen molar-refractivity contribution >= 4 is 39.5 Å². The fourth-order valence-electron chi connectivity index (χ4n) is 3.72. The molecule has 1 aromatic rings. The van der Waals surface area contributed by atoms with Crippen molar-refractivity contribution in [1.82, 2.24) is 0 Å². The standard InChI is InChI=1S/C22H29BrNO5S/c23-18-12-15(30-21(18)22(24)29)9-7-14(26)8-10-17-16(19(27)13-20(17)28)6-4-2-1-3-5-11-25/h2,4,8,10,12,14,16-17,19-20,26-28H,1,3,5-7,9,13H2,(H2,24,29)/b4-2-,10-8+/t14-,16+,17+,19-,20+/m0/s1. The van der Waals surface area contributed by atoms with Gasteiger partial charge in [0.1, 0.15) is 4.88 Å². The zero-order chi connectivity index (χ0) is 22.1. The molecule has 1 radical (unpaired) electrons. The predicted molar refractivity (Wildman–Crippen MR) is 121 cm³/mol. The highest BCUT2D eigenvalue weighted by atomic mass is 79.9. The molecule has 1 saturated carbocycles. The number of carbonyl (C=O) groups is 1. The van der Waals surface area contributed by atoms with Gasteiger partial charge in [-0.05, 0) is 60.0 Å². The van der Waals surface area contributed by atoms with Crippen molar-refractivity contribution in [1.29, 1.82) is 0 Å². The molecule has 0 bridgehead atoms. The molecule has 0 aliphatic heterocycles. The van der Waals surface area contributed by atoms with Gasteiger partial charge in [0.2, 0.25) is 0 Å². The molecule has 1 aliphatic carbocycles. The Kier molecular flexibility index (Phi) is 10.4. The van der Waals surface area contributed by atoms with Gasteiger partial charge < -0.3 is 21.1 Å². The first-order chi connectivity index (χ1) is 14.3. The summed E-state index contributed by atoms with van der Waals surface area (Å²) in [6, 6.07) is 1.84. The number of amides is 1. The topological polar surface area (TPSA) is 121 Å². The second kappa shape index (κ2) is 12.5. The normalized spacial score (nSPS) is 25.3. The molecule has 0 aromatic carbocycles. The lowest BCUT2D eigenvalue weighted by atomic mass is 9.89. The van der Waals surface area contributed by atoms with Crippen LogP contribution >= 0.6 is 27.3 Å². The smallest absolute Gasteiger partial charge is 0.259 e. The lowest BCUT2D eigenvalue weighted by molar-refractivity contribution is 0.100. The Morgan fingerprint density at radius 3 is 2.80 bits per heavy atom. The number of unbranched alkanes of at least 4 members (excludes halogenated alkanes) is 2. The molecular weight excluding hydrogens is 470 g/mol. The Bertz CT molecular complexity index is 763. The van der Waals surface area contributed by atoms with Gasteiger partial charge in [-0.3, -0.25) is 9.59 Å². The Morgan fingerprint density at radius 2 is 2.13 bits per heavy atom. The number of rotatable bonds is 12. The maximum absolute atomic E-state index is 11.3. The Labute approximate surface area is 189 Å². The van der Waals surface area contributed by atoms with E-state index in [2.05, 4.69) is 15.9 Å². The van der Waals surface area contributed by atoms with Gasteiger partial charge in [-0.2, -0.15) is 0 Å². The fraction of sp³-hybridized carbons (Fsp3) is 0.545. The number of nitrogens with two attached hydrogens (primary N) is 1. The number of hydrogen-bond acceptors (Lipinski definition) is 6. The molecule has 1 fully saturated rings. The number of allylic oxidation sites excluding steroid dienone is 2. The van der Waals surface area contributed by atoms with Gasteiger partial charge in [0, 0.05) is 28.1 Å². The second-order valence-electron chi connectivity index (χ2n) is 7.60. The highest BCUT2D eigenvalue weighted by Gasteiger charge is 2.39. The Hall–Kier alpha value is -1.32. The zero-order valence-corrected chi connectivity index (χ0v) is 19.1. The summed E-state index contributed by atoms with van der Waals surface area (Å²) in [5.41, 5.74) is 5.32. The predicted octanol–water partition coefficient (Wildman–Crippen LogP) is 3.04. The van der Waals surface area contributed by atoms with Crippen LogP contribution in [-0.4, -0.2) is 45.8 Å². The van der Waals surface area contributed by atoms with Crippen LogP contribution in [-0.2, 0) is 11.2 Å². The molecular formula is C22H29BrNO5S. The lowest BCUT2D eigenvalue weighted by Crippen LogP contribution is -2.20. The van der Waals surface area contributed by atoms with Crippen LogP contribution in [0.1, 0.15) is 53.1 Å². The van der Waals surface area contributed by atoms with Gasteiger partial charge in [0.25, 0.3) is 5.91 Å². The van der Waals surface area contributed by atoms with Crippen LogP contribution in [0, 0.1) is 11.8 Å². The maximum Gasteiger partial charge on any atom is 0.259 e. The lowest BCUT2D eigenvalue weighted by Gasteiger charge is -2.19. The van der Waals surface area contributed by atoms with Crippen LogP contribution < -0.4 is 5.73 Å². The van der Waals surface area contributed by atoms with E-state index >= 15 is 0 Å². The van der Waals surface area contributed by atoms with E-state index in [0.717, 1.165) is 17.7 Å². The van der Waals surface area contributed by atoms with Crippen molar-refractivity contribution in [2.24, 2.45) is 17.6 Å². The number of aryl methyl sites for hydroxylation is 1. The number of aliphatic hydroxyl groups excluding tert-OH is 3. The van der Waals surface area contributed by atoms with Crippen LogP contribution in [0.2, 0.25) is 0 Å². The molecule has 30 heavy (non-hydrogen) atoms. The van der Waals surface area contributed by atoms with E-state index in [4.69, 9.17) is 5.73 Å². The van der Waals surface area contributed by atoms with E-state index in [9.17, 15) is 24.9 Å². The van der Waals surface area contributed by atoms with E-state index in [1.807, 2.05) is 30.6 Å². The molecule has 8 heteroatoms. The maximum atomic E-state index is 11.3. The average Bonchev–Trinajstić information content (AvgIpc) is 3.20. The van der Waals surface area contributed by atoms with Gasteiger partial charge >= 0.3 is 0 Å².